The van der Waals surface area contributed by atoms with E-state index in [1.54, 1.807) is 0 Å². The highest BCUT2D eigenvalue weighted by Gasteiger charge is 2.15. The molecule has 3 nitrogen and oxygen atoms in total. The number of amides is 1. The molecular weight excluding hydrogens is 323 g/mol. The van der Waals surface area contributed by atoms with Crippen molar-refractivity contribution in [3.05, 3.63) is 63.9 Å². The highest BCUT2D eigenvalue weighted by atomic mass is 79.9. The van der Waals surface area contributed by atoms with Gasteiger partial charge in [0.25, 0.3) is 5.91 Å². The lowest BCUT2D eigenvalue weighted by molar-refractivity contribution is 0.0936. The van der Waals surface area contributed by atoms with Gasteiger partial charge in [-0.2, -0.15) is 0 Å². The second kappa shape index (κ2) is 6.05. The van der Waals surface area contributed by atoms with Gasteiger partial charge in [-0.3, -0.25) is 4.79 Å². The smallest absolute Gasteiger partial charge is 0.254 e. The van der Waals surface area contributed by atoms with Crippen LogP contribution in [0.25, 0.3) is 0 Å². The molecule has 0 heterocycles. The van der Waals surface area contributed by atoms with Crippen molar-refractivity contribution in [1.29, 1.82) is 0 Å². The molecule has 3 N–H and O–H groups in total. The van der Waals surface area contributed by atoms with Crippen molar-refractivity contribution in [2.75, 3.05) is 5.73 Å². The Balaban J connectivity index is 2.15. The van der Waals surface area contributed by atoms with Crippen LogP contribution in [0, 0.1) is 5.82 Å². The van der Waals surface area contributed by atoms with Gasteiger partial charge >= 0.3 is 0 Å². The van der Waals surface area contributed by atoms with E-state index in [4.69, 9.17) is 5.73 Å². The Labute approximate surface area is 125 Å². The number of rotatable bonds is 3. The van der Waals surface area contributed by atoms with Crippen molar-refractivity contribution in [1.82, 2.24) is 5.32 Å². The van der Waals surface area contributed by atoms with Crippen molar-refractivity contribution in [3.8, 4) is 0 Å². The molecule has 2 aromatic carbocycles. The molecule has 0 aromatic heterocycles. The number of hydrogen-bond donors (Lipinski definition) is 2. The van der Waals surface area contributed by atoms with Crippen LogP contribution in [0.1, 0.15) is 28.9 Å². The van der Waals surface area contributed by atoms with Crippen molar-refractivity contribution >= 4 is 27.5 Å². The molecule has 2 rings (SSSR count). The largest absolute Gasteiger partial charge is 0.399 e. The number of carbonyl (C=O) groups excluding carboxylic acids is 1. The monoisotopic (exact) mass is 336 g/mol. The highest BCUT2D eigenvalue weighted by Crippen LogP contribution is 2.19. The third-order valence-corrected chi connectivity index (χ3v) is 3.43. The zero-order chi connectivity index (χ0) is 14.7. The number of carbonyl (C=O) groups is 1. The minimum absolute atomic E-state index is 0.0129. The molecule has 20 heavy (non-hydrogen) atoms. The summed E-state index contributed by atoms with van der Waals surface area (Å²) in [6.45, 7) is 1.84. The number of hydrogen-bond acceptors (Lipinski definition) is 2. The molecule has 0 bridgehead atoms. The number of halogens is 2. The van der Waals surface area contributed by atoms with Crippen LogP contribution in [-0.2, 0) is 0 Å². The lowest BCUT2D eigenvalue weighted by Gasteiger charge is -2.15. The van der Waals surface area contributed by atoms with E-state index in [1.807, 2.05) is 31.2 Å². The molecule has 104 valence electrons. The molecule has 0 spiro atoms. The Morgan fingerprint density at radius 2 is 2.05 bits per heavy atom. The van der Waals surface area contributed by atoms with Crippen molar-refractivity contribution in [3.63, 3.8) is 0 Å². The van der Waals surface area contributed by atoms with Crippen LogP contribution in [-0.4, -0.2) is 5.91 Å². The second-order valence-electron chi connectivity index (χ2n) is 4.49. The van der Waals surface area contributed by atoms with E-state index in [2.05, 4.69) is 21.2 Å². The fourth-order valence-electron chi connectivity index (χ4n) is 1.85. The van der Waals surface area contributed by atoms with Gasteiger partial charge in [-0.15, -0.1) is 0 Å². The fourth-order valence-corrected chi connectivity index (χ4v) is 2.27. The van der Waals surface area contributed by atoms with E-state index in [0.29, 0.717) is 5.69 Å². The molecule has 0 fully saturated rings. The molecule has 5 heteroatoms. The van der Waals surface area contributed by atoms with Gasteiger partial charge in [0.15, 0.2) is 0 Å². The topological polar surface area (TPSA) is 55.1 Å². The minimum Gasteiger partial charge on any atom is -0.399 e. The molecular formula is C15H14BrFN2O. The standard InChI is InChI=1S/C15H14BrFN2O/c1-9(10-3-2-4-11(16)7-10)19-15(20)13-6-5-12(18)8-14(13)17/h2-9H,18H2,1H3,(H,19,20). The van der Waals surface area contributed by atoms with Crippen LogP contribution in [0.3, 0.4) is 0 Å². The van der Waals surface area contributed by atoms with Gasteiger partial charge in [-0.05, 0) is 42.8 Å². The Bertz CT molecular complexity index is 646. The van der Waals surface area contributed by atoms with Crippen LogP contribution in [0.4, 0.5) is 10.1 Å². The first-order chi connectivity index (χ1) is 9.47. The van der Waals surface area contributed by atoms with E-state index in [-0.39, 0.29) is 11.6 Å². The van der Waals surface area contributed by atoms with Crippen molar-refractivity contribution in [2.24, 2.45) is 0 Å². The third kappa shape index (κ3) is 3.36. The van der Waals surface area contributed by atoms with E-state index >= 15 is 0 Å². The zero-order valence-electron chi connectivity index (χ0n) is 10.9. The summed E-state index contributed by atoms with van der Waals surface area (Å²) in [7, 11) is 0. The molecule has 1 atom stereocenters. The number of nitrogens with one attached hydrogen (secondary N) is 1. The molecule has 0 aliphatic heterocycles. The van der Waals surface area contributed by atoms with Gasteiger partial charge in [0.1, 0.15) is 5.82 Å². The predicted octanol–water partition coefficient (Wildman–Crippen LogP) is 3.66. The van der Waals surface area contributed by atoms with Gasteiger partial charge in [-0.25, -0.2) is 4.39 Å². The molecule has 0 saturated carbocycles. The lowest BCUT2D eigenvalue weighted by Crippen LogP contribution is -2.27. The Morgan fingerprint density at radius 1 is 1.30 bits per heavy atom. The van der Waals surface area contributed by atoms with E-state index in [0.717, 1.165) is 16.1 Å². The quantitative estimate of drug-likeness (QED) is 0.840. The summed E-state index contributed by atoms with van der Waals surface area (Å²) >= 11 is 3.37. The van der Waals surface area contributed by atoms with E-state index < -0.39 is 11.7 Å². The average molecular weight is 337 g/mol. The number of anilines is 1. The maximum Gasteiger partial charge on any atom is 0.254 e. The maximum atomic E-state index is 13.7. The van der Waals surface area contributed by atoms with Crippen LogP contribution in [0.2, 0.25) is 0 Å². The van der Waals surface area contributed by atoms with Gasteiger partial charge in [-0.1, -0.05) is 28.1 Å². The van der Waals surface area contributed by atoms with Crippen LogP contribution in [0.5, 0.6) is 0 Å². The average Bonchev–Trinajstić information content (AvgIpc) is 2.38. The molecule has 2 aromatic rings. The summed E-state index contributed by atoms with van der Waals surface area (Å²) in [5, 5.41) is 2.76. The van der Waals surface area contributed by atoms with Crippen LogP contribution in [0.15, 0.2) is 46.9 Å². The highest BCUT2D eigenvalue weighted by molar-refractivity contribution is 9.10. The summed E-state index contributed by atoms with van der Waals surface area (Å²) in [6.07, 6.45) is 0. The van der Waals surface area contributed by atoms with Gasteiger partial charge < -0.3 is 11.1 Å². The van der Waals surface area contributed by atoms with E-state index in [9.17, 15) is 9.18 Å². The first kappa shape index (κ1) is 14.5. The summed E-state index contributed by atoms with van der Waals surface area (Å²) < 4.78 is 14.6. The van der Waals surface area contributed by atoms with E-state index in [1.165, 1.54) is 12.1 Å². The summed E-state index contributed by atoms with van der Waals surface area (Å²) in [4.78, 5) is 12.0. The third-order valence-electron chi connectivity index (χ3n) is 2.93. The Kier molecular flexibility index (Phi) is 4.39. The van der Waals surface area contributed by atoms with Crippen LogP contribution < -0.4 is 11.1 Å². The molecule has 0 aliphatic carbocycles. The second-order valence-corrected chi connectivity index (χ2v) is 5.41. The van der Waals surface area contributed by atoms with Crippen LogP contribution >= 0.6 is 15.9 Å². The first-order valence-electron chi connectivity index (χ1n) is 6.08. The summed E-state index contributed by atoms with van der Waals surface area (Å²) in [6, 6.07) is 11.4. The fraction of sp³-hybridized carbons (Fsp3) is 0.133. The van der Waals surface area contributed by atoms with Crippen molar-refractivity contribution in [2.45, 2.75) is 13.0 Å². The number of benzene rings is 2. The number of nitrogen functional groups attached to an aromatic ring is 1. The van der Waals surface area contributed by atoms with Crippen molar-refractivity contribution < 1.29 is 9.18 Å². The van der Waals surface area contributed by atoms with Gasteiger partial charge in [0.2, 0.25) is 0 Å². The molecule has 0 aliphatic rings. The normalized spacial score (nSPS) is 11.9. The summed E-state index contributed by atoms with van der Waals surface area (Å²) in [5.74, 6) is -1.08. The molecule has 0 saturated heterocycles. The zero-order valence-corrected chi connectivity index (χ0v) is 12.4. The van der Waals surface area contributed by atoms with Gasteiger partial charge in [0, 0.05) is 10.2 Å². The minimum atomic E-state index is -0.621. The summed E-state index contributed by atoms with van der Waals surface area (Å²) in [5.41, 5.74) is 6.67. The molecule has 0 radical (unpaired) electrons. The maximum absolute atomic E-state index is 13.7. The first-order valence-corrected chi connectivity index (χ1v) is 6.88. The SMILES string of the molecule is CC(NC(=O)c1ccc(N)cc1F)c1cccc(Br)c1. The lowest BCUT2D eigenvalue weighted by atomic mass is 10.1. The number of nitrogens with two attached hydrogens (primary N) is 1. The Morgan fingerprint density at radius 3 is 2.70 bits per heavy atom. The predicted molar refractivity (Wildman–Crippen MR) is 80.8 cm³/mol. The Hall–Kier alpha value is -1.88. The molecule has 1 unspecified atom stereocenters. The van der Waals surface area contributed by atoms with Gasteiger partial charge in [0.05, 0.1) is 11.6 Å². The molecule has 1 amide bonds.